The molecule has 0 bridgehead atoms. The lowest BCUT2D eigenvalue weighted by Crippen LogP contribution is -2.49. The van der Waals surface area contributed by atoms with Gasteiger partial charge < -0.3 is 14.7 Å². The molecule has 2 aliphatic heterocycles. The molecule has 6 heteroatoms. The van der Waals surface area contributed by atoms with Gasteiger partial charge in [-0.15, -0.1) is 0 Å². The van der Waals surface area contributed by atoms with Crippen molar-refractivity contribution < 1.29 is 4.79 Å². The number of rotatable bonds is 3. The second kappa shape index (κ2) is 8.14. The van der Waals surface area contributed by atoms with Crippen molar-refractivity contribution in [2.24, 2.45) is 0 Å². The summed E-state index contributed by atoms with van der Waals surface area (Å²) >= 11 is 0. The molecule has 152 valence electrons. The summed E-state index contributed by atoms with van der Waals surface area (Å²) in [6.07, 6.45) is 5.87. The number of fused-ring (bicyclic) bond motifs is 1. The monoisotopic (exact) mass is 399 g/mol. The van der Waals surface area contributed by atoms with E-state index in [2.05, 4.69) is 44.0 Å². The Balaban J connectivity index is 1.26. The number of nitrogens with zero attached hydrogens (tertiary/aromatic N) is 5. The topological polar surface area (TPSA) is 52.6 Å². The maximum absolute atomic E-state index is 12.9. The van der Waals surface area contributed by atoms with Gasteiger partial charge in [0, 0.05) is 44.6 Å². The maximum Gasteiger partial charge on any atom is 0.272 e. The van der Waals surface area contributed by atoms with Gasteiger partial charge in [0.2, 0.25) is 0 Å². The molecule has 0 N–H and O–H groups in total. The molecule has 0 saturated carbocycles. The van der Waals surface area contributed by atoms with E-state index in [1.807, 2.05) is 41.4 Å². The van der Waals surface area contributed by atoms with Crippen LogP contribution >= 0.6 is 0 Å². The van der Waals surface area contributed by atoms with Gasteiger partial charge in [-0.25, -0.2) is 9.97 Å². The summed E-state index contributed by atoms with van der Waals surface area (Å²) < 4.78 is 0. The summed E-state index contributed by atoms with van der Waals surface area (Å²) in [7, 11) is 0. The summed E-state index contributed by atoms with van der Waals surface area (Å²) in [4.78, 5) is 28.3. The number of hydrogen-bond acceptors (Lipinski definition) is 5. The largest absolute Gasteiger partial charge is 0.353 e. The van der Waals surface area contributed by atoms with Gasteiger partial charge in [-0.05, 0) is 48.7 Å². The van der Waals surface area contributed by atoms with Gasteiger partial charge >= 0.3 is 0 Å². The van der Waals surface area contributed by atoms with E-state index in [0.717, 1.165) is 44.0 Å². The van der Waals surface area contributed by atoms with E-state index in [-0.39, 0.29) is 5.91 Å². The molecular formula is C24H25N5O. The first kappa shape index (κ1) is 18.6. The molecule has 3 aromatic rings. The predicted octanol–water partition coefficient (Wildman–Crippen LogP) is 3.52. The third-order valence-corrected chi connectivity index (χ3v) is 5.93. The first-order valence-corrected chi connectivity index (χ1v) is 10.6. The summed E-state index contributed by atoms with van der Waals surface area (Å²) in [5, 5.41) is 0. The molecule has 2 aliphatic rings. The van der Waals surface area contributed by atoms with Crippen LogP contribution in [-0.2, 0) is 6.42 Å². The Morgan fingerprint density at radius 1 is 0.833 bits per heavy atom. The van der Waals surface area contributed by atoms with Crippen molar-refractivity contribution in [1.29, 1.82) is 0 Å². The molecule has 0 aliphatic carbocycles. The highest BCUT2D eigenvalue weighted by molar-refractivity contribution is 5.92. The molecule has 30 heavy (non-hydrogen) atoms. The molecule has 0 spiro atoms. The minimum atomic E-state index is 0.00117. The van der Waals surface area contributed by atoms with Gasteiger partial charge in [0.15, 0.2) is 0 Å². The van der Waals surface area contributed by atoms with Crippen LogP contribution in [0.1, 0.15) is 22.5 Å². The Kier molecular flexibility index (Phi) is 5.05. The first-order chi connectivity index (χ1) is 14.8. The van der Waals surface area contributed by atoms with Crippen molar-refractivity contribution in [2.45, 2.75) is 12.8 Å². The highest BCUT2D eigenvalue weighted by atomic mass is 16.2. The zero-order valence-electron chi connectivity index (χ0n) is 16.9. The number of pyridine rings is 2. The highest BCUT2D eigenvalue weighted by Gasteiger charge is 2.24. The van der Waals surface area contributed by atoms with Gasteiger partial charge in [-0.2, -0.15) is 0 Å². The highest BCUT2D eigenvalue weighted by Crippen LogP contribution is 2.32. The minimum absolute atomic E-state index is 0.00117. The van der Waals surface area contributed by atoms with Crippen LogP contribution in [0.15, 0.2) is 67.0 Å². The molecule has 6 nitrogen and oxygen atoms in total. The van der Waals surface area contributed by atoms with Gasteiger partial charge in [-0.1, -0.05) is 24.3 Å². The van der Waals surface area contributed by atoms with E-state index in [0.29, 0.717) is 18.8 Å². The predicted molar refractivity (Wildman–Crippen MR) is 118 cm³/mol. The fourth-order valence-electron chi connectivity index (χ4n) is 4.32. The Hall–Kier alpha value is -3.41. The number of aryl methyl sites for hydroxylation is 1. The van der Waals surface area contributed by atoms with Gasteiger partial charge in [0.25, 0.3) is 5.91 Å². The van der Waals surface area contributed by atoms with Crippen LogP contribution in [0.3, 0.4) is 0 Å². The summed E-state index contributed by atoms with van der Waals surface area (Å²) in [6.45, 7) is 3.90. The van der Waals surface area contributed by atoms with Crippen LogP contribution in [0.2, 0.25) is 0 Å². The van der Waals surface area contributed by atoms with Gasteiger partial charge in [-0.3, -0.25) is 4.79 Å². The number of hydrogen-bond donors (Lipinski definition) is 0. The fourth-order valence-corrected chi connectivity index (χ4v) is 4.32. The van der Waals surface area contributed by atoms with Crippen LogP contribution < -0.4 is 9.80 Å². The van der Waals surface area contributed by atoms with E-state index in [1.165, 1.54) is 11.3 Å². The Labute approximate surface area is 176 Å². The molecule has 1 fully saturated rings. The van der Waals surface area contributed by atoms with E-state index in [4.69, 9.17) is 0 Å². The Morgan fingerprint density at radius 2 is 1.67 bits per heavy atom. The molecule has 5 rings (SSSR count). The molecular weight excluding hydrogens is 374 g/mol. The third kappa shape index (κ3) is 3.61. The van der Waals surface area contributed by atoms with Gasteiger partial charge in [0.05, 0.1) is 11.9 Å². The van der Waals surface area contributed by atoms with Crippen molar-refractivity contribution in [3.63, 3.8) is 0 Å². The number of carbonyl (C=O) groups is 1. The van der Waals surface area contributed by atoms with Crippen molar-refractivity contribution in [3.8, 4) is 0 Å². The van der Waals surface area contributed by atoms with E-state index in [1.54, 1.807) is 6.20 Å². The number of carbonyl (C=O) groups excluding carboxylic acids is 1. The summed E-state index contributed by atoms with van der Waals surface area (Å²) in [6, 6.07) is 18.3. The number of amides is 1. The number of piperazine rings is 1. The van der Waals surface area contributed by atoms with Crippen LogP contribution in [0.25, 0.3) is 0 Å². The fraction of sp³-hybridized carbons (Fsp3) is 0.292. The molecule has 1 saturated heterocycles. The average Bonchev–Trinajstić information content (AvgIpc) is 2.84. The average molecular weight is 399 g/mol. The van der Waals surface area contributed by atoms with Gasteiger partial charge in [0.1, 0.15) is 11.5 Å². The van der Waals surface area contributed by atoms with Crippen molar-refractivity contribution in [1.82, 2.24) is 14.9 Å². The second-order valence-corrected chi connectivity index (χ2v) is 7.75. The molecule has 1 amide bonds. The quantitative estimate of drug-likeness (QED) is 0.675. The first-order valence-electron chi connectivity index (χ1n) is 10.6. The molecule has 0 radical (unpaired) electrons. The van der Waals surface area contributed by atoms with Crippen molar-refractivity contribution in [3.05, 3.63) is 78.2 Å². The summed E-state index contributed by atoms with van der Waals surface area (Å²) in [5.41, 5.74) is 4.17. The van der Waals surface area contributed by atoms with E-state index >= 15 is 0 Å². The number of aromatic nitrogens is 2. The summed E-state index contributed by atoms with van der Waals surface area (Å²) in [5.74, 6) is 0.968. The van der Waals surface area contributed by atoms with Crippen LogP contribution in [-0.4, -0.2) is 53.5 Å². The van der Waals surface area contributed by atoms with E-state index in [9.17, 15) is 4.79 Å². The molecule has 0 atom stereocenters. The number of benzene rings is 1. The van der Waals surface area contributed by atoms with Crippen molar-refractivity contribution >= 4 is 23.1 Å². The van der Waals surface area contributed by atoms with E-state index < -0.39 is 0 Å². The lowest BCUT2D eigenvalue weighted by atomic mass is 10.0. The standard InChI is InChI=1S/C24H25N5O/c30-24(28-16-14-27(15-17-28)23-9-3-4-12-25-23)21-11-10-20(18-26-21)29-13-5-7-19-6-1-2-8-22(19)29/h1-4,6,8-12,18H,5,7,13-17H2. The molecule has 1 aromatic carbocycles. The van der Waals surface area contributed by atoms with Crippen LogP contribution in [0, 0.1) is 0 Å². The van der Waals surface area contributed by atoms with Crippen LogP contribution in [0.5, 0.6) is 0 Å². The van der Waals surface area contributed by atoms with Crippen molar-refractivity contribution in [2.75, 3.05) is 42.5 Å². The lowest BCUT2D eigenvalue weighted by molar-refractivity contribution is 0.0740. The van der Waals surface area contributed by atoms with Crippen LogP contribution in [0.4, 0.5) is 17.2 Å². The smallest absolute Gasteiger partial charge is 0.272 e. The third-order valence-electron chi connectivity index (χ3n) is 5.93. The molecule has 4 heterocycles. The normalized spacial score (nSPS) is 16.3. The molecule has 2 aromatic heterocycles. The second-order valence-electron chi connectivity index (χ2n) is 7.75. The Bertz CT molecular complexity index is 1010. The minimum Gasteiger partial charge on any atom is -0.353 e. The zero-order chi connectivity index (χ0) is 20.3. The maximum atomic E-state index is 12.9. The Morgan fingerprint density at radius 3 is 2.43 bits per heavy atom. The molecule has 0 unspecified atom stereocenters. The SMILES string of the molecule is O=C(c1ccc(N2CCCc3ccccc32)cn1)N1CCN(c2ccccn2)CC1. The zero-order valence-corrected chi connectivity index (χ0v) is 16.9. The number of anilines is 3. The lowest BCUT2D eigenvalue weighted by Gasteiger charge is -2.35. The number of para-hydroxylation sites is 1.